The summed E-state index contributed by atoms with van der Waals surface area (Å²) in [4.78, 5) is 12.6. The summed E-state index contributed by atoms with van der Waals surface area (Å²) in [6.07, 6.45) is 0. The Morgan fingerprint density at radius 1 is 0.921 bits per heavy atom. The SMILES string of the molecule is COC(=O)c1cc(Oc2ccc(N)c(C(C)(C)O[Si]C(C)(C)C)c2)ccc1NS(=O)(=O)c1ccc(C)cc1. The molecule has 0 atom stereocenters. The Morgan fingerprint density at radius 3 is 2.13 bits per heavy atom. The highest BCUT2D eigenvalue weighted by Crippen LogP contribution is 2.36. The van der Waals surface area contributed by atoms with E-state index < -0.39 is 21.6 Å². The van der Waals surface area contributed by atoms with Gasteiger partial charge in [-0.15, -0.1) is 0 Å². The average Bonchev–Trinajstić information content (AvgIpc) is 2.84. The maximum Gasteiger partial charge on any atom is 0.340 e. The van der Waals surface area contributed by atoms with E-state index in [4.69, 9.17) is 19.6 Å². The van der Waals surface area contributed by atoms with Crippen molar-refractivity contribution in [2.24, 2.45) is 0 Å². The van der Waals surface area contributed by atoms with Crippen molar-refractivity contribution in [2.75, 3.05) is 17.6 Å². The first kappa shape index (κ1) is 29.2. The number of nitrogen functional groups attached to an aromatic ring is 1. The van der Waals surface area contributed by atoms with Gasteiger partial charge in [0.1, 0.15) is 11.5 Å². The van der Waals surface area contributed by atoms with Crippen LogP contribution in [0.4, 0.5) is 11.4 Å². The third-order valence-corrected chi connectivity index (χ3v) is 8.10. The first-order valence-electron chi connectivity index (χ1n) is 12.0. The number of nitrogens with one attached hydrogen (secondary N) is 1. The Labute approximate surface area is 227 Å². The van der Waals surface area contributed by atoms with E-state index >= 15 is 0 Å². The van der Waals surface area contributed by atoms with Crippen LogP contribution >= 0.6 is 0 Å². The minimum Gasteiger partial charge on any atom is -0.465 e. The highest BCUT2D eigenvalue weighted by molar-refractivity contribution is 7.92. The first-order valence-corrected chi connectivity index (χ1v) is 14.4. The van der Waals surface area contributed by atoms with Crippen LogP contribution in [-0.4, -0.2) is 31.3 Å². The molecule has 38 heavy (non-hydrogen) atoms. The monoisotopic (exact) mass is 554 g/mol. The summed E-state index contributed by atoms with van der Waals surface area (Å²) >= 11 is 0. The number of hydrogen-bond acceptors (Lipinski definition) is 7. The summed E-state index contributed by atoms with van der Waals surface area (Å²) in [5, 5.41) is 0.00709. The molecule has 0 aliphatic heterocycles. The highest BCUT2D eigenvalue weighted by atomic mass is 32.2. The van der Waals surface area contributed by atoms with Crippen molar-refractivity contribution in [1.29, 1.82) is 0 Å². The van der Waals surface area contributed by atoms with Crippen molar-refractivity contribution in [2.45, 2.75) is 57.1 Å². The molecule has 0 aromatic heterocycles. The predicted octanol–water partition coefficient (Wildman–Crippen LogP) is 6.05. The molecule has 0 aliphatic carbocycles. The minimum absolute atomic E-state index is 0.00592. The summed E-state index contributed by atoms with van der Waals surface area (Å²) < 4.78 is 45.4. The van der Waals surface area contributed by atoms with Crippen LogP contribution in [-0.2, 0) is 24.8 Å². The van der Waals surface area contributed by atoms with Gasteiger partial charge in [-0.05, 0) is 74.3 Å². The molecule has 0 saturated heterocycles. The number of esters is 1. The van der Waals surface area contributed by atoms with Gasteiger partial charge in [-0.1, -0.05) is 38.5 Å². The van der Waals surface area contributed by atoms with Crippen molar-refractivity contribution >= 4 is 37.1 Å². The van der Waals surface area contributed by atoms with Gasteiger partial charge in [0.05, 0.1) is 28.9 Å². The summed E-state index contributed by atoms with van der Waals surface area (Å²) in [5.41, 5.74) is 7.94. The highest BCUT2D eigenvalue weighted by Gasteiger charge is 2.28. The van der Waals surface area contributed by atoms with Crippen LogP contribution < -0.4 is 15.2 Å². The number of aryl methyl sites for hydroxylation is 1. The van der Waals surface area contributed by atoms with E-state index in [9.17, 15) is 13.2 Å². The molecule has 2 radical (unpaired) electrons. The van der Waals surface area contributed by atoms with Gasteiger partial charge >= 0.3 is 5.97 Å². The second-order valence-corrected chi connectivity index (χ2v) is 14.0. The Kier molecular flexibility index (Phi) is 8.60. The van der Waals surface area contributed by atoms with Crippen molar-refractivity contribution in [3.05, 3.63) is 77.4 Å². The number of anilines is 2. The van der Waals surface area contributed by atoms with Gasteiger partial charge in [0.15, 0.2) is 0 Å². The van der Waals surface area contributed by atoms with Crippen molar-refractivity contribution < 1.29 is 27.1 Å². The predicted molar refractivity (Wildman–Crippen MR) is 150 cm³/mol. The average molecular weight is 555 g/mol. The fourth-order valence-corrected chi connectivity index (χ4v) is 5.22. The summed E-state index contributed by atoms with van der Waals surface area (Å²) in [7, 11) is -2.45. The second-order valence-electron chi connectivity index (χ2n) is 10.4. The van der Waals surface area contributed by atoms with Gasteiger partial charge in [-0.25, -0.2) is 13.2 Å². The lowest BCUT2D eigenvalue weighted by Gasteiger charge is -2.31. The molecule has 202 valence electrons. The first-order chi connectivity index (χ1) is 17.6. The van der Waals surface area contributed by atoms with Crippen molar-refractivity contribution in [3.8, 4) is 11.5 Å². The quantitative estimate of drug-likeness (QED) is 0.188. The van der Waals surface area contributed by atoms with E-state index in [0.29, 0.717) is 17.2 Å². The molecule has 0 spiro atoms. The number of methoxy groups -OCH3 is 1. The number of carbonyl (C=O) groups excluding carboxylic acids is 1. The van der Waals surface area contributed by atoms with E-state index in [1.54, 1.807) is 36.4 Å². The third-order valence-electron chi connectivity index (χ3n) is 5.49. The van der Waals surface area contributed by atoms with Gasteiger partial charge < -0.3 is 19.6 Å². The molecule has 8 nitrogen and oxygen atoms in total. The third kappa shape index (κ3) is 7.37. The fraction of sp³-hybridized carbons (Fsp3) is 0.321. The van der Waals surface area contributed by atoms with Crippen LogP contribution in [0.15, 0.2) is 65.6 Å². The van der Waals surface area contributed by atoms with Crippen LogP contribution in [0.5, 0.6) is 11.5 Å². The van der Waals surface area contributed by atoms with Gasteiger partial charge in [0, 0.05) is 11.3 Å². The number of ether oxygens (including phenoxy) is 2. The minimum atomic E-state index is -3.93. The van der Waals surface area contributed by atoms with Crippen LogP contribution in [0, 0.1) is 6.92 Å². The molecule has 3 aromatic rings. The largest absolute Gasteiger partial charge is 0.465 e. The van der Waals surface area contributed by atoms with E-state index in [-0.39, 0.29) is 30.9 Å². The normalized spacial score (nSPS) is 12.2. The molecule has 3 rings (SSSR count). The molecule has 3 aromatic carbocycles. The number of sulfonamides is 1. The Balaban J connectivity index is 1.91. The summed E-state index contributed by atoms with van der Waals surface area (Å²) in [5.74, 6) is 0.0798. The fourth-order valence-electron chi connectivity index (χ4n) is 3.47. The maximum atomic E-state index is 12.9. The van der Waals surface area contributed by atoms with Gasteiger partial charge in [0.2, 0.25) is 9.76 Å². The van der Waals surface area contributed by atoms with E-state index in [1.165, 1.54) is 31.4 Å². The molecule has 0 fully saturated rings. The Hall–Kier alpha value is -3.34. The van der Waals surface area contributed by atoms with Gasteiger partial charge in [-0.3, -0.25) is 4.72 Å². The maximum absolute atomic E-state index is 12.9. The van der Waals surface area contributed by atoms with Crippen LogP contribution in [0.2, 0.25) is 5.04 Å². The molecule has 0 saturated carbocycles. The molecule has 0 unspecified atom stereocenters. The zero-order chi connectivity index (χ0) is 28.3. The number of benzene rings is 3. The van der Waals surface area contributed by atoms with E-state index in [2.05, 4.69) is 25.5 Å². The number of carbonyl (C=O) groups is 1. The zero-order valence-electron chi connectivity index (χ0n) is 22.7. The standard InChI is InChI=1S/C28H34N2O6SSi/c1-18-8-12-21(13-9-18)37(32,33)30-25-15-11-19(16-22(25)26(31)34-7)35-20-10-14-24(29)23(17-20)28(5,6)36-38-27(2,3)4/h8-17,30H,29H2,1-7H3. The molecule has 0 heterocycles. The lowest BCUT2D eigenvalue weighted by atomic mass is 9.96. The van der Waals surface area contributed by atoms with E-state index in [0.717, 1.165) is 11.1 Å². The summed E-state index contributed by atoms with van der Waals surface area (Å²) in [6, 6.07) is 16.1. The Bertz CT molecular complexity index is 1410. The molecule has 0 bridgehead atoms. The van der Waals surface area contributed by atoms with Crippen LogP contribution in [0.25, 0.3) is 0 Å². The van der Waals surface area contributed by atoms with Crippen LogP contribution in [0.1, 0.15) is 56.1 Å². The number of hydrogen-bond donors (Lipinski definition) is 2. The molecule has 0 amide bonds. The van der Waals surface area contributed by atoms with Crippen molar-refractivity contribution in [3.63, 3.8) is 0 Å². The second kappa shape index (κ2) is 11.2. The smallest absolute Gasteiger partial charge is 0.340 e. The van der Waals surface area contributed by atoms with Gasteiger partial charge in [-0.2, -0.15) is 0 Å². The Morgan fingerprint density at radius 2 is 1.53 bits per heavy atom. The van der Waals surface area contributed by atoms with Crippen molar-refractivity contribution in [1.82, 2.24) is 0 Å². The zero-order valence-corrected chi connectivity index (χ0v) is 24.5. The van der Waals surface area contributed by atoms with E-state index in [1.807, 2.05) is 20.8 Å². The molecular formula is C28H34N2O6SSi. The topological polar surface area (TPSA) is 117 Å². The lowest BCUT2D eigenvalue weighted by molar-refractivity contribution is 0.0601. The lowest BCUT2D eigenvalue weighted by Crippen LogP contribution is -2.28. The molecule has 0 aliphatic rings. The molecular weight excluding hydrogens is 520 g/mol. The number of nitrogens with two attached hydrogens (primary N) is 1. The number of rotatable bonds is 9. The molecule has 3 N–H and O–H groups in total. The summed E-state index contributed by atoms with van der Waals surface area (Å²) in [6.45, 7) is 12.1. The van der Waals surface area contributed by atoms with Gasteiger partial charge in [0.25, 0.3) is 10.0 Å². The molecule has 10 heteroatoms. The van der Waals surface area contributed by atoms with Crippen LogP contribution in [0.3, 0.4) is 0 Å².